The second-order valence-corrected chi connectivity index (χ2v) is 6.94. The quantitative estimate of drug-likeness (QED) is 0.621. The maximum Gasteiger partial charge on any atom is 0.304 e. The van der Waals surface area contributed by atoms with E-state index in [4.69, 9.17) is 21.4 Å². The van der Waals surface area contributed by atoms with Crippen molar-refractivity contribution >= 4 is 24.0 Å². The number of nitrogens with zero attached hydrogens (tertiary/aromatic N) is 1. The van der Waals surface area contributed by atoms with E-state index < -0.39 is 5.97 Å². The smallest absolute Gasteiger partial charge is 0.304 e. The van der Waals surface area contributed by atoms with Crippen molar-refractivity contribution in [2.75, 3.05) is 27.7 Å². The number of carbonyl (C=O) groups is 2. The molecule has 6 nitrogen and oxygen atoms in total. The molecule has 2 rings (SSSR count). The zero-order valence-corrected chi connectivity index (χ0v) is 17.1. The minimum Gasteiger partial charge on any atom is -0.481 e. The van der Waals surface area contributed by atoms with Gasteiger partial charge in [0.1, 0.15) is 5.75 Å². The topological polar surface area (TPSA) is 78.9 Å². The number of rotatable bonds is 9. The molecule has 152 valence electrons. The molecule has 1 unspecified atom stereocenters. The number of halogens is 1. The molecule has 7 heteroatoms. The lowest BCUT2D eigenvalue weighted by atomic mass is 9.96. The van der Waals surface area contributed by atoms with Gasteiger partial charge in [-0.2, -0.15) is 0 Å². The van der Waals surface area contributed by atoms with Crippen molar-refractivity contribution in [1.29, 1.82) is 0 Å². The van der Waals surface area contributed by atoms with Crippen molar-refractivity contribution in [3.8, 4) is 5.75 Å². The summed E-state index contributed by atoms with van der Waals surface area (Å²) in [6.45, 7) is 1.93. The third-order valence-electron chi connectivity index (χ3n) is 3.79. The number of nitrogens with one attached hydrogen (secondary N) is 1. The zero-order valence-electron chi connectivity index (χ0n) is 16.4. The van der Waals surface area contributed by atoms with Gasteiger partial charge in [-0.25, -0.2) is 0 Å². The van der Waals surface area contributed by atoms with Gasteiger partial charge in [-0.1, -0.05) is 35.9 Å². The van der Waals surface area contributed by atoms with Gasteiger partial charge in [-0.05, 0) is 56.5 Å². The molecule has 28 heavy (non-hydrogen) atoms. The maximum absolute atomic E-state index is 10.7. The van der Waals surface area contributed by atoms with Crippen molar-refractivity contribution in [2.24, 2.45) is 0 Å². The van der Waals surface area contributed by atoms with Crippen LogP contribution in [0.3, 0.4) is 0 Å². The van der Waals surface area contributed by atoms with Crippen molar-refractivity contribution in [2.45, 2.75) is 18.9 Å². The number of ether oxygens (including phenoxy) is 1. The first-order valence-corrected chi connectivity index (χ1v) is 9.19. The number of carbonyl (C=O) groups excluding carboxylic acids is 1. The molecule has 0 aliphatic rings. The monoisotopic (exact) mass is 406 g/mol. The maximum atomic E-state index is 10.7. The van der Waals surface area contributed by atoms with Gasteiger partial charge < -0.3 is 20.1 Å². The summed E-state index contributed by atoms with van der Waals surface area (Å²) in [6, 6.07) is 14.8. The third kappa shape index (κ3) is 9.50. The van der Waals surface area contributed by atoms with Crippen LogP contribution in [0.2, 0.25) is 5.02 Å². The first-order valence-electron chi connectivity index (χ1n) is 8.81. The normalized spacial score (nSPS) is 11.3. The molecule has 0 radical (unpaired) electrons. The van der Waals surface area contributed by atoms with E-state index >= 15 is 0 Å². The Balaban J connectivity index is 0.000000283. The lowest BCUT2D eigenvalue weighted by molar-refractivity contribution is -0.137. The molecule has 2 aromatic rings. The number of carboxylic acids is 1. The summed E-state index contributed by atoms with van der Waals surface area (Å²) >= 11 is 5.77. The molecule has 0 aliphatic carbocycles. The second-order valence-electron chi connectivity index (χ2n) is 6.50. The molecule has 0 saturated carbocycles. The fraction of sp³-hybridized carbons (Fsp3) is 0.333. The van der Waals surface area contributed by atoms with Gasteiger partial charge in [0.15, 0.2) is 0 Å². The van der Waals surface area contributed by atoms with Gasteiger partial charge in [0.25, 0.3) is 6.47 Å². The van der Waals surface area contributed by atoms with Crippen molar-refractivity contribution in [3.05, 3.63) is 64.7 Å². The van der Waals surface area contributed by atoms with Crippen LogP contribution in [0.1, 0.15) is 23.5 Å². The molecule has 0 aliphatic heterocycles. The number of carboxylic acid groups (broad SMARTS) is 1. The molecular formula is C21H27ClN2O4. The number of benzene rings is 2. The number of hydrogen-bond acceptors (Lipinski definition) is 5. The van der Waals surface area contributed by atoms with Gasteiger partial charge in [-0.15, -0.1) is 0 Å². The summed E-state index contributed by atoms with van der Waals surface area (Å²) < 4.78 is 4.73. The lowest BCUT2D eigenvalue weighted by Crippen LogP contribution is -2.19. The largest absolute Gasteiger partial charge is 0.481 e. The minimum atomic E-state index is -0.787. The molecule has 2 N–H and O–H groups in total. The second kappa shape index (κ2) is 12.9. The summed E-state index contributed by atoms with van der Waals surface area (Å²) in [6.07, 6.45) is 0.127. The van der Waals surface area contributed by atoms with Gasteiger partial charge in [0.2, 0.25) is 0 Å². The minimum absolute atomic E-state index is 0.00948. The van der Waals surface area contributed by atoms with Crippen LogP contribution >= 0.6 is 11.6 Å². The van der Waals surface area contributed by atoms with E-state index in [0.717, 1.165) is 17.7 Å². The van der Waals surface area contributed by atoms with Crippen molar-refractivity contribution in [3.63, 3.8) is 0 Å². The molecule has 0 fully saturated rings. The van der Waals surface area contributed by atoms with Gasteiger partial charge in [0.05, 0.1) is 6.42 Å². The molecule has 0 bridgehead atoms. The summed E-state index contributed by atoms with van der Waals surface area (Å²) in [5, 5.41) is 12.4. The van der Waals surface area contributed by atoms with Crippen LogP contribution in [0.5, 0.6) is 5.75 Å². The SMILES string of the molecule is CN(C)Cc1cccc(OC=O)c1.CNCC(CC(=O)O)c1ccc(Cl)cc1. The number of hydrogen-bond donors (Lipinski definition) is 2. The first kappa shape index (κ1) is 23.6. The zero-order chi connectivity index (χ0) is 20.9. The summed E-state index contributed by atoms with van der Waals surface area (Å²) in [4.78, 5) is 22.8. The predicted octanol–water partition coefficient (Wildman–Crippen LogP) is 3.40. The van der Waals surface area contributed by atoms with Crippen LogP contribution in [0.15, 0.2) is 48.5 Å². The highest BCUT2D eigenvalue weighted by Crippen LogP contribution is 2.21. The molecule has 1 atom stereocenters. The molecule has 0 saturated heterocycles. The standard InChI is InChI=1S/C11H14ClNO2.C10H13NO2/c1-13-7-9(6-11(14)15)8-2-4-10(12)5-3-8;1-11(2)7-9-4-3-5-10(6-9)13-8-12/h2-5,9,13H,6-7H2,1H3,(H,14,15);3-6,8H,7H2,1-2H3. The molecule has 0 spiro atoms. The molecule has 0 heterocycles. The average molecular weight is 407 g/mol. The van der Waals surface area contributed by atoms with E-state index in [1.807, 2.05) is 51.5 Å². The lowest BCUT2D eigenvalue weighted by Gasteiger charge is -2.14. The van der Waals surface area contributed by atoms with Crippen molar-refractivity contribution < 1.29 is 19.4 Å². The Morgan fingerprint density at radius 3 is 2.46 bits per heavy atom. The number of aliphatic carboxylic acids is 1. The van der Waals surface area contributed by atoms with Crippen LogP contribution in [0.4, 0.5) is 0 Å². The van der Waals surface area contributed by atoms with Crippen LogP contribution in [-0.4, -0.2) is 50.1 Å². The van der Waals surface area contributed by atoms with E-state index in [1.54, 1.807) is 18.2 Å². The van der Waals surface area contributed by atoms with Gasteiger partial charge in [-0.3, -0.25) is 9.59 Å². The highest BCUT2D eigenvalue weighted by atomic mass is 35.5. The Morgan fingerprint density at radius 1 is 1.25 bits per heavy atom. The van der Waals surface area contributed by atoms with E-state index in [2.05, 4.69) is 10.2 Å². The van der Waals surface area contributed by atoms with Crippen LogP contribution in [0, 0.1) is 0 Å². The molecule has 2 aromatic carbocycles. The Morgan fingerprint density at radius 2 is 1.93 bits per heavy atom. The average Bonchev–Trinajstić information content (AvgIpc) is 2.62. The van der Waals surface area contributed by atoms with Crippen molar-refractivity contribution in [1.82, 2.24) is 10.2 Å². The fourth-order valence-corrected chi connectivity index (χ4v) is 2.76. The van der Waals surface area contributed by atoms with Gasteiger partial charge >= 0.3 is 5.97 Å². The Labute approximate surface area is 171 Å². The van der Waals surface area contributed by atoms with Crippen LogP contribution in [-0.2, 0) is 16.1 Å². The third-order valence-corrected chi connectivity index (χ3v) is 4.05. The molecule has 0 aromatic heterocycles. The van der Waals surface area contributed by atoms with Gasteiger partial charge in [0, 0.05) is 24.0 Å². The van der Waals surface area contributed by atoms with E-state index in [1.165, 1.54) is 0 Å². The summed E-state index contributed by atoms with van der Waals surface area (Å²) in [5.74, 6) is -0.204. The summed E-state index contributed by atoms with van der Waals surface area (Å²) in [5.41, 5.74) is 2.13. The molecular weight excluding hydrogens is 380 g/mol. The first-order chi connectivity index (χ1) is 13.3. The Kier molecular flexibility index (Phi) is 10.9. The van der Waals surface area contributed by atoms with E-state index in [0.29, 0.717) is 23.8 Å². The number of likely N-dealkylation sites (N-methyl/N-ethyl adjacent to an activating group) is 1. The van der Waals surface area contributed by atoms with Crippen LogP contribution in [0.25, 0.3) is 0 Å². The predicted molar refractivity (Wildman–Crippen MR) is 111 cm³/mol. The molecule has 0 amide bonds. The van der Waals surface area contributed by atoms with E-state index in [9.17, 15) is 9.59 Å². The Hall–Kier alpha value is -2.41. The highest BCUT2D eigenvalue weighted by Gasteiger charge is 2.14. The fourth-order valence-electron chi connectivity index (χ4n) is 2.64. The highest BCUT2D eigenvalue weighted by molar-refractivity contribution is 6.30. The Bertz CT molecular complexity index is 735. The van der Waals surface area contributed by atoms with Crippen LogP contribution < -0.4 is 10.1 Å². The summed E-state index contributed by atoms with van der Waals surface area (Å²) in [7, 11) is 5.80. The van der Waals surface area contributed by atoms with E-state index in [-0.39, 0.29) is 12.3 Å².